The SMILES string of the molecule is c1ncsn1.c1nncs1. The summed E-state index contributed by atoms with van der Waals surface area (Å²) in [4.78, 5) is 3.63. The van der Waals surface area contributed by atoms with Gasteiger partial charge in [0.1, 0.15) is 22.9 Å². The average Bonchev–Trinajstić information content (AvgIpc) is 2.67. The van der Waals surface area contributed by atoms with Gasteiger partial charge in [-0.3, -0.25) is 0 Å². The van der Waals surface area contributed by atoms with E-state index in [4.69, 9.17) is 0 Å². The third-order valence-electron chi connectivity index (χ3n) is 0.565. The van der Waals surface area contributed by atoms with Crippen LogP contribution in [0.5, 0.6) is 0 Å². The van der Waals surface area contributed by atoms with Crippen LogP contribution in [0.2, 0.25) is 0 Å². The molecule has 0 radical (unpaired) electrons. The normalized spacial score (nSPS) is 8.00. The van der Waals surface area contributed by atoms with Crippen molar-refractivity contribution in [3.63, 3.8) is 0 Å². The predicted molar refractivity (Wildman–Crippen MR) is 39.8 cm³/mol. The quantitative estimate of drug-likeness (QED) is 0.596. The lowest BCUT2D eigenvalue weighted by molar-refractivity contribution is 1.09. The molecule has 0 aromatic carbocycles. The van der Waals surface area contributed by atoms with Crippen LogP contribution in [0.15, 0.2) is 22.9 Å². The third-order valence-corrected chi connectivity index (χ3v) is 1.43. The molecule has 52 valence electrons. The van der Waals surface area contributed by atoms with Gasteiger partial charge in [0.25, 0.3) is 0 Å². The highest BCUT2D eigenvalue weighted by molar-refractivity contribution is 7.07. The van der Waals surface area contributed by atoms with Gasteiger partial charge in [0.15, 0.2) is 0 Å². The first-order chi connectivity index (χ1) is 5.00. The first-order valence-corrected chi connectivity index (χ1v) is 4.16. The van der Waals surface area contributed by atoms with E-state index < -0.39 is 0 Å². The Morgan fingerprint density at radius 3 is 2.00 bits per heavy atom. The van der Waals surface area contributed by atoms with E-state index in [1.807, 2.05) is 0 Å². The Kier molecular flexibility index (Phi) is 3.58. The largest absolute Gasteiger partial charge is 0.231 e. The van der Waals surface area contributed by atoms with Crippen LogP contribution in [-0.4, -0.2) is 19.6 Å². The maximum atomic E-state index is 3.65. The van der Waals surface area contributed by atoms with E-state index in [0.717, 1.165) is 0 Å². The zero-order valence-electron chi connectivity index (χ0n) is 4.91. The summed E-state index contributed by atoms with van der Waals surface area (Å²) in [5, 5.41) is 6.98. The van der Waals surface area contributed by atoms with Crippen LogP contribution in [0.1, 0.15) is 0 Å². The minimum Gasteiger partial charge on any atom is -0.231 e. The van der Waals surface area contributed by atoms with E-state index in [1.165, 1.54) is 29.2 Å². The molecule has 2 aromatic heterocycles. The number of nitrogens with zero attached hydrogens (tertiary/aromatic N) is 4. The van der Waals surface area contributed by atoms with E-state index in [1.54, 1.807) is 16.5 Å². The topological polar surface area (TPSA) is 51.6 Å². The maximum absolute atomic E-state index is 3.65. The standard InChI is InChI=1S/2C2H2N2S/c1-3-4-2-5-1;1-3-2-5-4-1/h2*1-2H. The minimum absolute atomic E-state index is 1.35. The Balaban J connectivity index is 0.0000001000. The molecule has 0 amide bonds. The van der Waals surface area contributed by atoms with E-state index in [-0.39, 0.29) is 0 Å². The molecule has 0 saturated heterocycles. The van der Waals surface area contributed by atoms with Crippen molar-refractivity contribution >= 4 is 22.9 Å². The summed E-state index contributed by atoms with van der Waals surface area (Å²) in [7, 11) is 0. The van der Waals surface area contributed by atoms with Crippen molar-refractivity contribution in [3.05, 3.63) is 22.9 Å². The Labute approximate surface area is 65.8 Å². The van der Waals surface area contributed by atoms with Crippen molar-refractivity contribution in [1.29, 1.82) is 0 Å². The van der Waals surface area contributed by atoms with Crippen LogP contribution in [-0.2, 0) is 0 Å². The van der Waals surface area contributed by atoms with Gasteiger partial charge in [-0.15, -0.1) is 21.5 Å². The molecule has 2 aromatic rings. The third kappa shape index (κ3) is 3.21. The smallest absolute Gasteiger partial charge is 0.129 e. The van der Waals surface area contributed by atoms with E-state index in [9.17, 15) is 0 Å². The highest BCUT2D eigenvalue weighted by Gasteiger charge is 1.61. The van der Waals surface area contributed by atoms with Crippen molar-refractivity contribution in [2.45, 2.75) is 0 Å². The number of rotatable bonds is 0. The predicted octanol–water partition coefficient (Wildman–Crippen LogP) is 1.08. The van der Waals surface area contributed by atoms with Crippen LogP contribution < -0.4 is 0 Å². The van der Waals surface area contributed by atoms with Crippen molar-refractivity contribution in [2.24, 2.45) is 0 Å². The van der Waals surface area contributed by atoms with Gasteiger partial charge >= 0.3 is 0 Å². The molecule has 4 nitrogen and oxygen atoms in total. The zero-order valence-corrected chi connectivity index (χ0v) is 6.55. The second-order valence-electron chi connectivity index (χ2n) is 1.16. The lowest BCUT2D eigenvalue weighted by Crippen LogP contribution is -1.53. The van der Waals surface area contributed by atoms with Gasteiger partial charge in [0.2, 0.25) is 0 Å². The van der Waals surface area contributed by atoms with E-state index in [0.29, 0.717) is 0 Å². The fourth-order valence-electron chi connectivity index (χ4n) is 0.272. The summed E-state index contributed by atoms with van der Waals surface area (Å²) >= 11 is 2.84. The highest BCUT2D eigenvalue weighted by Crippen LogP contribution is 1.80. The molecule has 0 aliphatic carbocycles. The summed E-state index contributed by atoms with van der Waals surface area (Å²) in [6.07, 6.45) is 1.52. The molecule has 6 heteroatoms. The Morgan fingerprint density at radius 1 is 1.00 bits per heavy atom. The molecular weight excluding hydrogens is 168 g/mol. The van der Waals surface area contributed by atoms with Gasteiger partial charge in [-0.1, -0.05) is 0 Å². The van der Waals surface area contributed by atoms with Gasteiger partial charge in [0.05, 0.1) is 0 Å². The Bertz CT molecular complexity index is 154. The summed E-state index contributed by atoms with van der Waals surface area (Å²) in [6.45, 7) is 0. The van der Waals surface area contributed by atoms with E-state index >= 15 is 0 Å². The van der Waals surface area contributed by atoms with Crippen LogP contribution in [0, 0.1) is 0 Å². The number of hydrogen-bond acceptors (Lipinski definition) is 6. The monoisotopic (exact) mass is 172 g/mol. The summed E-state index contributed by atoms with van der Waals surface area (Å²) in [6, 6.07) is 0. The molecule has 0 unspecified atom stereocenters. The molecule has 0 N–H and O–H groups in total. The van der Waals surface area contributed by atoms with Gasteiger partial charge in [-0.05, 0) is 11.5 Å². The molecule has 0 aliphatic rings. The van der Waals surface area contributed by atoms with Crippen LogP contribution in [0.4, 0.5) is 0 Å². The van der Waals surface area contributed by atoms with Crippen LogP contribution in [0.25, 0.3) is 0 Å². The van der Waals surface area contributed by atoms with Gasteiger partial charge in [-0.25, -0.2) is 4.98 Å². The molecule has 0 atom stereocenters. The molecule has 0 spiro atoms. The molecular formula is C4H4N4S2. The fraction of sp³-hybridized carbons (Fsp3) is 0. The fourth-order valence-corrected chi connectivity index (χ4v) is 0.816. The Morgan fingerprint density at radius 2 is 1.80 bits per heavy atom. The first kappa shape index (κ1) is 7.23. The summed E-state index contributed by atoms with van der Waals surface area (Å²) < 4.78 is 3.65. The van der Waals surface area contributed by atoms with Gasteiger partial charge < -0.3 is 0 Å². The van der Waals surface area contributed by atoms with Crippen molar-refractivity contribution in [1.82, 2.24) is 19.6 Å². The number of aromatic nitrogens is 4. The highest BCUT2D eigenvalue weighted by atomic mass is 32.1. The molecule has 0 fully saturated rings. The van der Waals surface area contributed by atoms with Crippen molar-refractivity contribution in [2.75, 3.05) is 0 Å². The number of hydrogen-bond donors (Lipinski definition) is 0. The molecule has 10 heavy (non-hydrogen) atoms. The van der Waals surface area contributed by atoms with Gasteiger partial charge in [-0.2, -0.15) is 4.37 Å². The zero-order chi connectivity index (χ0) is 7.07. The molecule has 0 aliphatic heterocycles. The molecule has 2 heterocycles. The maximum Gasteiger partial charge on any atom is 0.129 e. The molecule has 0 saturated carbocycles. The second kappa shape index (κ2) is 4.95. The average molecular weight is 172 g/mol. The lowest BCUT2D eigenvalue weighted by atomic mass is 11.4. The second-order valence-corrected chi connectivity index (χ2v) is 2.48. The van der Waals surface area contributed by atoms with Crippen LogP contribution in [0.3, 0.4) is 0 Å². The van der Waals surface area contributed by atoms with Crippen molar-refractivity contribution in [3.8, 4) is 0 Å². The van der Waals surface area contributed by atoms with E-state index in [2.05, 4.69) is 19.6 Å². The lowest BCUT2D eigenvalue weighted by Gasteiger charge is -1.41. The van der Waals surface area contributed by atoms with Crippen molar-refractivity contribution < 1.29 is 0 Å². The molecule has 0 bridgehead atoms. The Hall–Kier alpha value is -0.880. The summed E-state index contributed by atoms with van der Waals surface area (Å²) in [5.41, 5.74) is 5.04. The first-order valence-electron chi connectivity index (χ1n) is 2.38. The minimum atomic E-state index is 1.35. The van der Waals surface area contributed by atoms with Gasteiger partial charge in [0, 0.05) is 0 Å². The van der Waals surface area contributed by atoms with Crippen LogP contribution >= 0.6 is 22.9 Å². The molecule has 2 rings (SSSR count). The summed E-state index contributed by atoms with van der Waals surface area (Å²) in [5.74, 6) is 0.